The summed E-state index contributed by atoms with van der Waals surface area (Å²) in [5.74, 6) is 1.59. The fourth-order valence-corrected chi connectivity index (χ4v) is 4.27. The second kappa shape index (κ2) is 10.6. The van der Waals surface area contributed by atoms with Gasteiger partial charge < -0.3 is 14.1 Å². The van der Waals surface area contributed by atoms with E-state index >= 15 is 0 Å². The topological polar surface area (TPSA) is 45.9 Å². The van der Waals surface area contributed by atoms with Crippen LogP contribution in [0.25, 0.3) is 0 Å². The number of rotatable bonds is 7. The number of amides is 1. The Labute approximate surface area is 205 Å². The third-order valence-corrected chi connectivity index (χ3v) is 6.57. The Morgan fingerprint density at radius 1 is 1.12 bits per heavy atom. The largest absolute Gasteiger partial charge is 0.485 e. The molecule has 0 radical (unpaired) electrons. The second-order valence-corrected chi connectivity index (χ2v) is 9.42. The Morgan fingerprint density at radius 3 is 2.56 bits per heavy atom. The molecular formula is C27H30ClFN2O3. The predicted molar refractivity (Wildman–Crippen MR) is 131 cm³/mol. The van der Waals surface area contributed by atoms with Crippen LogP contribution in [-0.2, 0) is 13.2 Å². The lowest BCUT2D eigenvalue weighted by Crippen LogP contribution is -2.48. The van der Waals surface area contributed by atoms with E-state index < -0.39 is 0 Å². The summed E-state index contributed by atoms with van der Waals surface area (Å²) in [6, 6.07) is 14.2. The SMILES string of the molecule is Cc1cc(OCc2ccc(C(=O)N3CCN(Cc4ccccc4F)CC3)o2)c(C(C)C)cc1Cl. The number of aryl methyl sites for hydroxylation is 1. The minimum atomic E-state index is -0.194. The zero-order valence-electron chi connectivity index (χ0n) is 19.8. The van der Waals surface area contributed by atoms with Crippen molar-refractivity contribution in [2.45, 2.75) is 39.8 Å². The average Bonchev–Trinajstić information content (AvgIpc) is 3.30. The first kappa shape index (κ1) is 24.3. The molecule has 4 rings (SSSR count). The van der Waals surface area contributed by atoms with Crippen molar-refractivity contribution in [3.05, 3.63) is 87.6 Å². The Bertz CT molecular complexity index is 1150. The van der Waals surface area contributed by atoms with Crippen LogP contribution in [0.3, 0.4) is 0 Å². The van der Waals surface area contributed by atoms with Crippen molar-refractivity contribution < 1.29 is 18.3 Å². The molecule has 2 aromatic carbocycles. The number of benzene rings is 2. The van der Waals surface area contributed by atoms with Crippen LogP contribution in [0.5, 0.6) is 5.75 Å². The van der Waals surface area contributed by atoms with E-state index in [0.29, 0.717) is 49.8 Å². The van der Waals surface area contributed by atoms with Crippen LogP contribution < -0.4 is 4.74 Å². The number of nitrogens with zero attached hydrogens (tertiary/aromatic N) is 2. The smallest absolute Gasteiger partial charge is 0.289 e. The summed E-state index contributed by atoms with van der Waals surface area (Å²) >= 11 is 6.28. The maximum absolute atomic E-state index is 13.9. The molecule has 1 fully saturated rings. The molecule has 0 N–H and O–H groups in total. The highest BCUT2D eigenvalue weighted by Gasteiger charge is 2.25. The van der Waals surface area contributed by atoms with Crippen molar-refractivity contribution in [2.24, 2.45) is 0 Å². The van der Waals surface area contributed by atoms with E-state index in [0.717, 1.165) is 21.9 Å². The van der Waals surface area contributed by atoms with Crippen molar-refractivity contribution in [3.63, 3.8) is 0 Å². The van der Waals surface area contributed by atoms with Gasteiger partial charge in [-0.1, -0.05) is 43.6 Å². The molecule has 3 aromatic rings. The normalized spacial score (nSPS) is 14.6. The third kappa shape index (κ3) is 5.62. The minimum Gasteiger partial charge on any atom is -0.485 e. The lowest BCUT2D eigenvalue weighted by molar-refractivity contribution is 0.0592. The van der Waals surface area contributed by atoms with Gasteiger partial charge in [0.15, 0.2) is 5.76 Å². The Morgan fingerprint density at radius 2 is 1.85 bits per heavy atom. The van der Waals surface area contributed by atoms with Gasteiger partial charge in [0.2, 0.25) is 0 Å². The van der Waals surface area contributed by atoms with E-state index in [2.05, 4.69) is 18.7 Å². The number of carbonyl (C=O) groups excluding carboxylic acids is 1. The van der Waals surface area contributed by atoms with Crippen molar-refractivity contribution in [1.82, 2.24) is 9.80 Å². The molecule has 0 aliphatic carbocycles. The maximum Gasteiger partial charge on any atom is 0.289 e. The van der Waals surface area contributed by atoms with Gasteiger partial charge in [-0.3, -0.25) is 9.69 Å². The molecule has 1 amide bonds. The first-order chi connectivity index (χ1) is 16.3. The van der Waals surface area contributed by atoms with Crippen LogP contribution in [0.2, 0.25) is 5.02 Å². The van der Waals surface area contributed by atoms with Gasteiger partial charge in [-0.05, 0) is 54.3 Å². The number of halogens is 2. The lowest BCUT2D eigenvalue weighted by atomic mass is 10.0. The van der Waals surface area contributed by atoms with Crippen LogP contribution in [-0.4, -0.2) is 41.9 Å². The van der Waals surface area contributed by atoms with E-state index in [1.165, 1.54) is 6.07 Å². The molecule has 1 saturated heterocycles. The van der Waals surface area contributed by atoms with Gasteiger partial charge >= 0.3 is 0 Å². The fraction of sp³-hybridized carbons (Fsp3) is 0.370. The van der Waals surface area contributed by atoms with Crippen LogP contribution in [0.1, 0.15) is 52.8 Å². The highest BCUT2D eigenvalue weighted by Crippen LogP contribution is 2.32. The molecule has 2 heterocycles. The van der Waals surface area contributed by atoms with Gasteiger partial charge in [0.25, 0.3) is 5.91 Å². The van der Waals surface area contributed by atoms with Crippen LogP contribution in [0, 0.1) is 12.7 Å². The molecule has 1 aliphatic heterocycles. The van der Waals surface area contributed by atoms with Crippen LogP contribution in [0.4, 0.5) is 4.39 Å². The summed E-state index contributed by atoms with van der Waals surface area (Å²) in [6.45, 7) is 9.41. The number of ether oxygens (including phenoxy) is 1. The molecule has 0 atom stereocenters. The molecule has 1 aromatic heterocycles. The highest BCUT2D eigenvalue weighted by atomic mass is 35.5. The molecule has 0 bridgehead atoms. The molecule has 0 spiro atoms. The highest BCUT2D eigenvalue weighted by molar-refractivity contribution is 6.31. The lowest BCUT2D eigenvalue weighted by Gasteiger charge is -2.34. The van der Waals surface area contributed by atoms with E-state index in [9.17, 15) is 9.18 Å². The molecule has 7 heteroatoms. The summed E-state index contributed by atoms with van der Waals surface area (Å²) in [5.41, 5.74) is 2.66. The van der Waals surface area contributed by atoms with Gasteiger partial charge in [-0.25, -0.2) is 4.39 Å². The molecule has 5 nitrogen and oxygen atoms in total. The van der Waals surface area contributed by atoms with Crippen molar-refractivity contribution >= 4 is 17.5 Å². The Hall–Kier alpha value is -2.83. The first-order valence-electron chi connectivity index (χ1n) is 11.6. The summed E-state index contributed by atoms with van der Waals surface area (Å²) in [7, 11) is 0. The zero-order valence-corrected chi connectivity index (χ0v) is 20.6. The number of furan rings is 1. The summed E-state index contributed by atoms with van der Waals surface area (Å²) in [4.78, 5) is 16.9. The summed E-state index contributed by atoms with van der Waals surface area (Å²) < 4.78 is 25.8. The van der Waals surface area contributed by atoms with Crippen molar-refractivity contribution in [1.29, 1.82) is 0 Å². The van der Waals surface area contributed by atoms with E-state index in [4.69, 9.17) is 20.8 Å². The number of piperazine rings is 1. The zero-order chi connectivity index (χ0) is 24.2. The van der Waals surface area contributed by atoms with E-state index in [1.54, 1.807) is 29.2 Å². The van der Waals surface area contributed by atoms with E-state index in [1.807, 2.05) is 25.1 Å². The monoisotopic (exact) mass is 484 g/mol. The van der Waals surface area contributed by atoms with Crippen LogP contribution in [0.15, 0.2) is 52.9 Å². The number of hydrogen-bond acceptors (Lipinski definition) is 4. The molecule has 0 unspecified atom stereocenters. The molecule has 1 aliphatic rings. The predicted octanol–water partition coefficient (Wildman–Crippen LogP) is 6.04. The third-order valence-electron chi connectivity index (χ3n) is 6.17. The number of carbonyl (C=O) groups is 1. The first-order valence-corrected chi connectivity index (χ1v) is 12.0. The number of hydrogen-bond donors (Lipinski definition) is 0. The quantitative estimate of drug-likeness (QED) is 0.410. The molecular weight excluding hydrogens is 455 g/mol. The summed E-state index contributed by atoms with van der Waals surface area (Å²) in [6.07, 6.45) is 0. The summed E-state index contributed by atoms with van der Waals surface area (Å²) in [5, 5.41) is 0.718. The standard InChI is InChI=1S/C27H30ClFN2O3/c1-18(2)22-15-23(28)19(3)14-26(22)33-17-21-8-9-25(34-21)27(32)31-12-10-30(11-13-31)16-20-6-4-5-7-24(20)29/h4-9,14-15,18H,10-13,16-17H2,1-3H3. The van der Waals surface area contributed by atoms with Crippen molar-refractivity contribution in [2.75, 3.05) is 26.2 Å². The van der Waals surface area contributed by atoms with Gasteiger partial charge in [0.1, 0.15) is 23.9 Å². The van der Waals surface area contributed by atoms with Gasteiger partial charge in [0, 0.05) is 43.3 Å². The fourth-order valence-electron chi connectivity index (χ4n) is 4.10. The van der Waals surface area contributed by atoms with Gasteiger partial charge in [-0.15, -0.1) is 0 Å². The maximum atomic E-state index is 13.9. The van der Waals surface area contributed by atoms with Crippen molar-refractivity contribution in [3.8, 4) is 5.75 Å². The molecule has 180 valence electrons. The van der Waals surface area contributed by atoms with E-state index in [-0.39, 0.29) is 24.2 Å². The average molecular weight is 485 g/mol. The van der Waals surface area contributed by atoms with Gasteiger partial charge in [-0.2, -0.15) is 0 Å². The molecule has 34 heavy (non-hydrogen) atoms. The van der Waals surface area contributed by atoms with Gasteiger partial charge in [0.05, 0.1) is 0 Å². The Balaban J connectivity index is 1.33. The second-order valence-electron chi connectivity index (χ2n) is 9.01. The van der Waals surface area contributed by atoms with Crippen LogP contribution >= 0.6 is 11.6 Å². The Kier molecular flexibility index (Phi) is 7.59. The minimum absolute atomic E-state index is 0.137. The molecule has 0 saturated carbocycles.